The Kier molecular flexibility index (Phi) is 11.5. The number of aliphatic hydroxyl groups is 1. The second-order valence-electron chi connectivity index (χ2n) is 12.4. The molecule has 2 amide bonds. The lowest BCUT2D eigenvalue weighted by Gasteiger charge is -2.16. The van der Waals surface area contributed by atoms with Crippen molar-refractivity contribution in [3.8, 4) is 39.4 Å². The number of ether oxygens (including phenoxy) is 1. The van der Waals surface area contributed by atoms with Crippen LogP contribution in [0, 0.1) is 5.82 Å². The fourth-order valence-electron chi connectivity index (χ4n) is 6.17. The fourth-order valence-corrected chi connectivity index (χ4v) is 6.83. The summed E-state index contributed by atoms with van der Waals surface area (Å²) in [5.74, 6) is -1.00. The number of rotatable bonds is 14. The summed E-state index contributed by atoms with van der Waals surface area (Å²) in [5.41, 5.74) is 9.22. The van der Waals surface area contributed by atoms with Crippen molar-refractivity contribution in [3.05, 3.63) is 104 Å². The average Bonchev–Trinajstić information content (AvgIpc) is 3.54. The first-order chi connectivity index (χ1) is 25.0. The molecule has 270 valence electrons. The summed E-state index contributed by atoms with van der Waals surface area (Å²) in [4.78, 5) is 44.7. The summed E-state index contributed by atoms with van der Waals surface area (Å²) in [7, 11) is 1.42. The number of aromatic nitrogens is 3. The fraction of sp³-hybridized carbons (Fsp3) is 0.270. The molecule has 0 saturated carbocycles. The predicted octanol–water partition coefficient (Wildman–Crippen LogP) is 4.24. The molecule has 4 heterocycles. The van der Waals surface area contributed by atoms with Crippen LogP contribution in [0.2, 0.25) is 10.0 Å². The molecule has 2 aromatic carbocycles. The van der Waals surface area contributed by atoms with Crippen LogP contribution in [0.3, 0.4) is 0 Å². The van der Waals surface area contributed by atoms with Crippen molar-refractivity contribution in [1.82, 2.24) is 30.3 Å². The Hall–Kier alpha value is -4.92. The number of hydrogen-bond acceptors (Lipinski definition) is 9. The largest absolute Gasteiger partial charge is 0.481 e. The first-order valence-corrected chi connectivity index (χ1v) is 17.3. The standard InChI is InChI=1S/C37H36Cl2FN7O5/c1-52-36-28(19-43-17-22-8-9-33(50)45-22)29(40)14-30(46-36)27-7-3-6-26(35(27)39)25-5-2-4-24(34(25)38)20-10-11-47-32(12-20)44-16-21(37(47)51)15-42-18-23(48)13-31(41)49/h2-7,10-12,14,16,22-23,42-43,48H,8-9,13,15,17-19H2,1H3,(H2,41,49)(H,45,50). The summed E-state index contributed by atoms with van der Waals surface area (Å²) < 4.78 is 22.4. The van der Waals surface area contributed by atoms with E-state index in [1.54, 1.807) is 30.5 Å². The molecule has 6 rings (SSSR count). The number of amides is 2. The maximum Gasteiger partial charge on any atom is 0.262 e. The third kappa shape index (κ3) is 8.09. The predicted molar refractivity (Wildman–Crippen MR) is 196 cm³/mol. The van der Waals surface area contributed by atoms with E-state index in [9.17, 15) is 19.5 Å². The van der Waals surface area contributed by atoms with Gasteiger partial charge in [0.05, 0.1) is 40.9 Å². The highest BCUT2D eigenvalue weighted by atomic mass is 35.5. The van der Waals surface area contributed by atoms with E-state index in [0.717, 1.165) is 6.42 Å². The zero-order valence-corrected chi connectivity index (χ0v) is 29.6. The van der Waals surface area contributed by atoms with E-state index < -0.39 is 17.8 Å². The first-order valence-electron chi connectivity index (χ1n) is 16.5. The molecule has 5 aromatic rings. The van der Waals surface area contributed by atoms with Crippen LogP contribution >= 0.6 is 23.2 Å². The summed E-state index contributed by atoms with van der Waals surface area (Å²) in [6.07, 6.45) is 3.13. The van der Waals surface area contributed by atoms with Gasteiger partial charge in [0.2, 0.25) is 17.7 Å². The van der Waals surface area contributed by atoms with Crippen molar-refractivity contribution in [2.24, 2.45) is 5.73 Å². The smallest absolute Gasteiger partial charge is 0.262 e. The number of nitrogens with zero attached hydrogens (tertiary/aromatic N) is 3. The minimum absolute atomic E-state index is 0.00512. The van der Waals surface area contributed by atoms with Crippen LogP contribution in [0.15, 0.2) is 71.8 Å². The molecule has 15 heteroatoms. The molecular formula is C37H36Cl2FN7O5. The SMILES string of the molecule is COc1nc(-c2cccc(-c3cccc(-c4ccn5c(=O)c(CNCC(O)CC(N)=O)cnc5c4)c3Cl)c2Cl)cc(F)c1CNCC1CCC(=O)N1. The number of fused-ring (bicyclic) bond motifs is 1. The molecule has 0 radical (unpaired) electrons. The topological polar surface area (TPSA) is 173 Å². The summed E-state index contributed by atoms with van der Waals surface area (Å²) >= 11 is 14.0. The van der Waals surface area contributed by atoms with Crippen LogP contribution in [0.4, 0.5) is 4.39 Å². The van der Waals surface area contributed by atoms with Crippen LogP contribution in [-0.4, -0.2) is 63.6 Å². The zero-order valence-electron chi connectivity index (χ0n) is 28.1. The van der Waals surface area contributed by atoms with Crippen molar-refractivity contribution >= 4 is 40.7 Å². The molecule has 52 heavy (non-hydrogen) atoms. The molecule has 6 N–H and O–H groups in total. The second-order valence-corrected chi connectivity index (χ2v) is 13.2. The lowest BCUT2D eigenvalue weighted by molar-refractivity contribution is -0.120. The van der Waals surface area contributed by atoms with Gasteiger partial charge in [0.25, 0.3) is 5.56 Å². The van der Waals surface area contributed by atoms with Gasteiger partial charge < -0.3 is 31.5 Å². The van der Waals surface area contributed by atoms with Crippen LogP contribution in [0.25, 0.3) is 39.2 Å². The number of hydrogen-bond donors (Lipinski definition) is 5. The number of methoxy groups -OCH3 is 1. The third-order valence-electron chi connectivity index (χ3n) is 8.79. The van der Waals surface area contributed by atoms with Gasteiger partial charge in [-0.05, 0) is 24.1 Å². The van der Waals surface area contributed by atoms with E-state index in [1.807, 2.05) is 24.3 Å². The Morgan fingerprint density at radius 1 is 1.08 bits per heavy atom. The summed E-state index contributed by atoms with van der Waals surface area (Å²) in [6.45, 7) is 0.873. The number of pyridine rings is 2. The van der Waals surface area contributed by atoms with Crippen LogP contribution in [-0.2, 0) is 22.7 Å². The van der Waals surface area contributed by atoms with Gasteiger partial charge in [-0.3, -0.25) is 18.8 Å². The monoisotopic (exact) mass is 747 g/mol. The van der Waals surface area contributed by atoms with Gasteiger partial charge in [-0.25, -0.2) is 14.4 Å². The number of aliphatic hydroxyl groups excluding tert-OH is 1. The van der Waals surface area contributed by atoms with Crippen molar-refractivity contribution < 1.29 is 23.8 Å². The van der Waals surface area contributed by atoms with Gasteiger partial charge in [-0.2, -0.15) is 0 Å². The second kappa shape index (κ2) is 16.2. The lowest BCUT2D eigenvalue weighted by Crippen LogP contribution is -2.35. The minimum atomic E-state index is -0.961. The number of carbonyl (C=O) groups is 2. The van der Waals surface area contributed by atoms with Crippen LogP contribution in [0.1, 0.15) is 30.4 Å². The Balaban J connectivity index is 1.24. The molecule has 2 unspecified atom stereocenters. The van der Waals surface area contributed by atoms with E-state index in [-0.39, 0.29) is 60.7 Å². The van der Waals surface area contributed by atoms with E-state index in [4.69, 9.17) is 33.7 Å². The summed E-state index contributed by atoms with van der Waals surface area (Å²) in [5, 5.41) is 19.6. The van der Waals surface area contributed by atoms with Crippen molar-refractivity contribution in [2.45, 2.75) is 44.5 Å². The van der Waals surface area contributed by atoms with Gasteiger partial charge >= 0.3 is 0 Å². The highest BCUT2D eigenvalue weighted by Crippen LogP contribution is 2.42. The molecule has 2 atom stereocenters. The quantitative estimate of drug-likeness (QED) is 0.111. The molecular weight excluding hydrogens is 712 g/mol. The lowest BCUT2D eigenvalue weighted by atomic mass is 9.97. The van der Waals surface area contributed by atoms with Crippen molar-refractivity contribution in [1.29, 1.82) is 0 Å². The van der Waals surface area contributed by atoms with E-state index in [2.05, 4.69) is 25.9 Å². The number of halogens is 3. The number of nitrogens with two attached hydrogens (primary N) is 1. The number of primary amides is 1. The normalized spacial score (nSPS) is 14.8. The molecule has 0 spiro atoms. The molecule has 1 fully saturated rings. The first kappa shape index (κ1) is 36.9. The Morgan fingerprint density at radius 3 is 2.48 bits per heavy atom. The maximum absolute atomic E-state index is 15.5. The molecule has 12 nitrogen and oxygen atoms in total. The molecule has 1 aliphatic rings. The van der Waals surface area contributed by atoms with Crippen molar-refractivity contribution in [3.63, 3.8) is 0 Å². The summed E-state index contributed by atoms with van der Waals surface area (Å²) in [6, 6.07) is 15.7. The van der Waals surface area contributed by atoms with Gasteiger partial charge in [0.15, 0.2) is 0 Å². The van der Waals surface area contributed by atoms with Gasteiger partial charge in [0.1, 0.15) is 11.5 Å². The average molecular weight is 749 g/mol. The molecule has 0 aliphatic carbocycles. The molecule has 3 aromatic heterocycles. The van der Waals surface area contributed by atoms with E-state index in [0.29, 0.717) is 62.0 Å². The molecule has 1 aliphatic heterocycles. The van der Waals surface area contributed by atoms with E-state index in [1.165, 1.54) is 23.8 Å². The highest BCUT2D eigenvalue weighted by Gasteiger charge is 2.22. The number of nitrogens with one attached hydrogen (secondary N) is 3. The van der Waals surface area contributed by atoms with Gasteiger partial charge in [-0.1, -0.05) is 59.6 Å². The van der Waals surface area contributed by atoms with Crippen LogP contribution in [0.5, 0.6) is 5.88 Å². The van der Waals surface area contributed by atoms with Crippen LogP contribution < -0.4 is 32.0 Å². The Morgan fingerprint density at radius 2 is 1.79 bits per heavy atom. The molecule has 1 saturated heterocycles. The Bertz CT molecular complexity index is 2220. The van der Waals surface area contributed by atoms with Gasteiger partial charge in [0, 0.05) is 84.9 Å². The van der Waals surface area contributed by atoms with E-state index >= 15 is 4.39 Å². The number of benzene rings is 2. The third-order valence-corrected chi connectivity index (χ3v) is 9.60. The maximum atomic E-state index is 15.5. The highest BCUT2D eigenvalue weighted by molar-refractivity contribution is 6.39. The minimum Gasteiger partial charge on any atom is -0.481 e. The molecule has 0 bridgehead atoms. The zero-order chi connectivity index (χ0) is 36.9. The van der Waals surface area contributed by atoms with Gasteiger partial charge in [-0.15, -0.1) is 0 Å². The number of carbonyl (C=O) groups excluding carboxylic acids is 2. The Labute approximate surface area is 308 Å². The van der Waals surface area contributed by atoms with Crippen molar-refractivity contribution in [2.75, 3.05) is 20.2 Å².